The van der Waals surface area contributed by atoms with Crippen LogP contribution in [0.15, 0.2) is 30.5 Å². The first-order valence-corrected chi connectivity index (χ1v) is 8.55. The lowest BCUT2D eigenvalue weighted by Crippen LogP contribution is -2.51. The minimum absolute atomic E-state index is 0.0911. The van der Waals surface area contributed by atoms with Gasteiger partial charge < -0.3 is 24.4 Å². The predicted octanol–water partition coefficient (Wildman–Crippen LogP) is 1.64. The molecular formula is C17H22ClN3O5. The van der Waals surface area contributed by atoms with Crippen LogP contribution in [0, 0.1) is 0 Å². The molecule has 0 spiro atoms. The summed E-state index contributed by atoms with van der Waals surface area (Å²) in [5.74, 6) is -0.00411. The first kappa shape index (κ1) is 20.0. The number of pyridine rings is 1. The Kier molecular flexibility index (Phi) is 7.68. The van der Waals surface area contributed by atoms with Crippen LogP contribution in [-0.4, -0.2) is 67.4 Å². The third kappa shape index (κ3) is 6.20. The van der Waals surface area contributed by atoms with Crippen LogP contribution in [0.25, 0.3) is 0 Å². The Morgan fingerprint density at radius 1 is 1.54 bits per heavy atom. The van der Waals surface area contributed by atoms with E-state index in [0.29, 0.717) is 31.0 Å². The second-order valence-corrected chi connectivity index (χ2v) is 6.05. The van der Waals surface area contributed by atoms with E-state index in [2.05, 4.69) is 16.9 Å². The fraction of sp³-hybridized carbons (Fsp3) is 0.471. The van der Waals surface area contributed by atoms with E-state index >= 15 is 0 Å². The zero-order valence-corrected chi connectivity index (χ0v) is 15.3. The summed E-state index contributed by atoms with van der Waals surface area (Å²) in [6, 6.07) is 3.20. The lowest BCUT2D eigenvalue weighted by molar-refractivity contribution is -0.138. The van der Waals surface area contributed by atoms with Crippen molar-refractivity contribution in [3.05, 3.63) is 35.6 Å². The van der Waals surface area contributed by atoms with Gasteiger partial charge >= 0.3 is 12.0 Å². The number of aromatic nitrogens is 1. The molecule has 2 amide bonds. The van der Waals surface area contributed by atoms with Crippen molar-refractivity contribution in [1.82, 2.24) is 15.2 Å². The van der Waals surface area contributed by atoms with Gasteiger partial charge in [0.25, 0.3) is 0 Å². The quantitative estimate of drug-likeness (QED) is 0.333. The highest BCUT2D eigenvalue weighted by Gasteiger charge is 2.25. The van der Waals surface area contributed by atoms with Crippen LogP contribution in [0.4, 0.5) is 4.79 Å². The van der Waals surface area contributed by atoms with Crippen molar-refractivity contribution in [3.8, 4) is 5.75 Å². The Labute approximate surface area is 157 Å². The molecule has 0 saturated carbocycles. The fourth-order valence-electron chi connectivity index (χ4n) is 2.20. The number of nitrogens with zero attached hydrogens (tertiary/aromatic N) is 2. The van der Waals surface area contributed by atoms with Crippen molar-refractivity contribution in [2.75, 3.05) is 39.5 Å². The van der Waals surface area contributed by atoms with Crippen LogP contribution < -0.4 is 10.1 Å². The van der Waals surface area contributed by atoms with Crippen molar-refractivity contribution < 1.29 is 23.8 Å². The van der Waals surface area contributed by atoms with Crippen LogP contribution in [-0.2, 0) is 14.3 Å². The van der Waals surface area contributed by atoms with Crippen LogP contribution in [0.3, 0.4) is 0 Å². The third-order valence-corrected chi connectivity index (χ3v) is 3.82. The topological polar surface area (TPSA) is 90.0 Å². The Bertz CT molecular complexity index is 655. The van der Waals surface area contributed by atoms with Crippen LogP contribution in [0.1, 0.15) is 6.92 Å². The number of halogens is 1. The number of esters is 1. The molecule has 1 saturated heterocycles. The van der Waals surface area contributed by atoms with E-state index in [4.69, 9.17) is 25.8 Å². The molecule has 1 fully saturated rings. The van der Waals surface area contributed by atoms with Gasteiger partial charge in [0.2, 0.25) is 0 Å². The molecule has 0 aliphatic carbocycles. The molecule has 9 heteroatoms. The molecule has 2 rings (SSSR count). The van der Waals surface area contributed by atoms with Crippen molar-refractivity contribution in [3.63, 3.8) is 0 Å². The third-order valence-electron chi connectivity index (χ3n) is 3.54. The monoisotopic (exact) mass is 383 g/mol. The number of carbonyl (C=O) groups is 2. The zero-order chi connectivity index (χ0) is 18.9. The molecule has 26 heavy (non-hydrogen) atoms. The standard InChI is InChI=1S/C17H22ClN3O5/c1-12(2)16(22)25-8-6-20-17(23)21-7-9-24-13(10-21)11-26-14-4-3-5-19-15(14)18/h3-5,13H,1,6-11H2,2H3,(H,20,23). The lowest BCUT2D eigenvalue weighted by atomic mass is 10.3. The van der Waals surface area contributed by atoms with Gasteiger partial charge in [-0.25, -0.2) is 14.6 Å². The number of amides is 2. The molecular weight excluding hydrogens is 362 g/mol. The van der Waals surface area contributed by atoms with Gasteiger partial charge in [0.15, 0.2) is 10.9 Å². The summed E-state index contributed by atoms with van der Waals surface area (Å²) in [5.41, 5.74) is 0.320. The molecule has 0 aromatic carbocycles. The first-order chi connectivity index (χ1) is 12.5. The van der Waals surface area contributed by atoms with E-state index in [1.54, 1.807) is 30.2 Å². The highest BCUT2D eigenvalue weighted by atomic mass is 35.5. The van der Waals surface area contributed by atoms with Crippen molar-refractivity contribution in [2.24, 2.45) is 0 Å². The fourth-order valence-corrected chi connectivity index (χ4v) is 2.38. The normalized spacial score (nSPS) is 16.7. The van der Waals surface area contributed by atoms with E-state index in [1.165, 1.54) is 0 Å². The zero-order valence-electron chi connectivity index (χ0n) is 14.6. The number of urea groups is 1. The van der Waals surface area contributed by atoms with Crippen molar-refractivity contribution in [1.29, 1.82) is 0 Å². The molecule has 1 aliphatic rings. The van der Waals surface area contributed by atoms with E-state index in [-0.39, 0.29) is 37.0 Å². The van der Waals surface area contributed by atoms with Gasteiger partial charge in [0.1, 0.15) is 19.3 Å². The molecule has 1 N–H and O–H groups in total. The summed E-state index contributed by atoms with van der Waals surface area (Å²) in [6.07, 6.45) is 1.30. The number of morpholine rings is 1. The summed E-state index contributed by atoms with van der Waals surface area (Å²) in [4.78, 5) is 29.0. The molecule has 2 heterocycles. The van der Waals surface area contributed by atoms with Crippen molar-refractivity contribution >= 4 is 23.6 Å². The molecule has 0 radical (unpaired) electrons. The van der Waals surface area contributed by atoms with Gasteiger partial charge in [-0.15, -0.1) is 0 Å². The molecule has 1 aromatic heterocycles. The van der Waals surface area contributed by atoms with Gasteiger partial charge in [-0.1, -0.05) is 18.2 Å². The lowest BCUT2D eigenvalue weighted by Gasteiger charge is -2.32. The smallest absolute Gasteiger partial charge is 0.333 e. The van der Waals surface area contributed by atoms with Crippen LogP contribution in [0.2, 0.25) is 5.15 Å². The molecule has 1 aliphatic heterocycles. The average molecular weight is 384 g/mol. The summed E-state index contributed by atoms with van der Waals surface area (Å²) >= 11 is 5.94. The van der Waals surface area contributed by atoms with Gasteiger partial charge in [0, 0.05) is 18.3 Å². The second-order valence-electron chi connectivity index (χ2n) is 5.69. The predicted molar refractivity (Wildman–Crippen MR) is 95.2 cm³/mol. The Hall–Kier alpha value is -2.32. The van der Waals surface area contributed by atoms with E-state index in [9.17, 15) is 9.59 Å². The van der Waals surface area contributed by atoms with Crippen LogP contribution >= 0.6 is 11.6 Å². The minimum Gasteiger partial charge on any atom is -0.488 e. The molecule has 142 valence electrons. The SMILES string of the molecule is C=C(C)C(=O)OCCNC(=O)N1CCOC(COc2cccnc2Cl)C1. The maximum absolute atomic E-state index is 12.2. The van der Waals surface area contributed by atoms with Gasteiger partial charge in [0.05, 0.1) is 19.7 Å². The number of hydrogen-bond donors (Lipinski definition) is 1. The number of carbonyl (C=O) groups excluding carboxylic acids is 2. The molecule has 1 atom stereocenters. The average Bonchev–Trinajstić information content (AvgIpc) is 2.64. The maximum atomic E-state index is 12.2. The summed E-state index contributed by atoms with van der Waals surface area (Å²) in [7, 11) is 0. The first-order valence-electron chi connectivity index (χ1n) is 8.17. The molecule has 0 bridgehead atoms. The van der Waals surface area contributed by atoms with E-state index < -0.39 is 5.97 Å². The molecule has 1 aromatic rings. The summed E-state index contributed by atoms with van der Waals surface area (Å²) < 4.78 is 16.1. The van der Waals surface area contributed by atoms with Crippen LogP contribution in [0.5, 0.6) is 5.75 Å². The second kappa shape index (κ2) is 9.98. The van der Waals surface area contributed by atoms with Gasteiger partial charge in [-0.05, 0) is 19.1 Å². The van der Waals surface area contributed by atoms with E-state index in [1.807, 2.05) is 0 Å². The Morgan fingerprint density at radius 3 is 3.08 bits per heavy atom. The molecule has 8 nitrogen and oxygen atoms in total. The largest absolute Gasteiger partial charge is 0.488 e. The highest BCUT2D eigenvalue weighted by molar-refractivity contribution is 6.30. The van der Waals surface area contributed by atoms with Crippen molar-refractivity contribution in [2.45, 2.75) is 13.0 Å². The Balaban J connectivity index is 1.71. The molecule has 1 unspecified atom stereocenters. The summed E-state index contributed by atoms with van der Waals surface area (Å²) in [6.45, 7) is 6.89. The number of hydrogen-bond acceptors (Lipinski definition) is 6. The Morgan fingerprint density at radius 2 is 2.35 bits per heavy atom. The van der Waals surface area contributed by atoms with E-state index in [0.717, 1.165) is 0 Å². The summed E-state index contributed by atoms with van der Waals surface area (Å²) in [5, 5.41) is 2.98. The van der Waals surface area contributed by atoms with Gasteiger partial charge in [-0.3, -0.25) is 0 Å². The maximum Gasteiger partial charge on any atom is 0.333 e. The number of ether oxygens (including phenoxy) is 3. The van der Waals surface area contributed by atoms with Gasteiger partial charge in [-0.2, -0.15) is 0 Å². The highest BCUT2D eigenvalue weighted by Crippen LogP contribution is 2.21. The minimum atomic E-state index is -0.475. The number of rotatable bonds is 7. The number of nitrogens with one attached hydrogen (secondary N) is 1.